The highest BCUT2D eigenvalue weighted by molar-refractivity contribution is 9.10. The third-order valence-electron chi connectivity index (χ3n) is 4.76. The molecule has 1 aromatic heterocycles. The van der Waals surface area contributed by atoms with Gasteiger partial charge in [0.05, 0.1) is 24.2 Å². The predicted molar refractivity (Wildman–Crippen MR) is 133 cm³/mol. The second-order valence-electron chi connectivity index (χ2n) is 7.10. The van der Waals surface area contributed by atoms with Crippen LogP contribution in [0.4, 0.5) is 0 Å². The minimum atomic E-state index is -0.208. The van der Waals surface area contributed by atoms with E-state index in [0.717, 1.165) is 22.0 Å². The molecule has 3 aromatic rings. The molecule has 3 rings (SSSR count). The van der Waals surface area contributed by atoms with Crippen molar-refractivity contribution in [2.45, 2.75) is 26.2 Å². The van der Waals surface area contributed by atoms with Crippen molar-refractivity contribution >= 4 is 33.0 Å². The van der Waals surface area contributed by atoms with Gasteiger partial charge in [-0.05, 0) is 48.7 Å². The van der Waals surface area contributed by atoms with Crippen molar-refractivity contribution in [2.75, 3.05) is 13.7 Å². The van der Waals surface area contributed by atoms with Crippen LogP contribution in [0.2, 0.25) is 0 Å². The van der Waals surface area contributed by atoms with Crippen LogP contribution in [-0.2, 0) is 12.8 Å². The van der Waals surface area contributed by atoms with Crippen LogP contribution in [0.1, 0.15) is 30.3 Å². The maximum atomic E-state index is 13.2. The number of halogens is 1. The normalized spacial score (nSPS) is 11.1. The molecule has 166 valence electrons. The highest BCUT2D eigenvalue weighted by atomic mass is 79.9. The number of aromatic nitrogens is 2. The summed E-state index contributed by atoms with van der Waals surface area (Å²) in [4.78, 5) is 17.9. The van der Waals surface area contributed by atoms with Crippen LogP contribution < -0.4 is 15.0 Å². The second-order valence-corrected chi connectivity index (χ2v) is 8.02. The van der Waals surface area contributed by atoms with Crippen LogP contribution in [0.3, 0.4) is 0 Å². The molecule has 0 aliphatic carbocycles. The van der Waals surface area contributed by atoms with Gasteiger partial charge in [-0.2, -0.15) is 9.78 Å². The Labute approximate surface area is 196 Å². The molecule has 0 radical (unpaired) electrons. The lowest BCUT2D eigenvalue weighted by Crippen LogP contribution is -2.22. The molecule has 7 heteroatoms. The largest absolute Gasteiger partial charge is 0.493 e. The molecule has 0 bridgehead atoms. The Morgan fingerprint density at radius 2 is 2.03 bits per heavy atom. The molecule has 0 atom stereocenters. The summed E-state index contributed by atoms with van der Waals surface area (Å²) in [5.74, 6) is 1.84. The number of methoxy groups -OCH3 is 1. The fourth-order valence-electron chi connectivity index (χ4n) is 3.35. The molecule has 0 aliphatic rings. The van der Waals surface area contributed by atoms with E-state index in [-0.39, 0.29) is 5.56 Å². The lowest BCUT2D eigenvalue weighted by atomic mass is 10.1. The van der Waals surface area contributed by atoms with Crippen molar-refractivity contribution in [1.29, 1.82) is 0 Å². The zero-order chi connectivity index (χ0) is 23.1. The summed E-state index contributed by atoms with van der Waals surface area (Å²) in [5, 5.41) is 5.01. The van der Waals surface area contributed by atoms with Gasteiger partial charge in [0.15, 0.2) is 11.5 Å². The van der Waals surface area contributed by atoms with Gasteiger partial charge in [0.1, 0.15) is 12.4 Å². The molecule has 0 amide bonds. The van der Waals surface area contributed by atoms with Gasteiger partial charge >= 0.3 is 0 Å². The Hall–Kier alpha value is -3.19. The molecule has 0 saturated carbocycles. The highest BCUT2D eigenvalue weighted by Crippen LogP contribution is 2.33. The van der Waals surface area contributed by atoms with E-state index < -0.39 is 0 Å². The first kappa shape index (κ1) is 23.5. The van der Waals surface area contributed by atoms with Gasteiger partial charge in [0.2, 0.25) is 0 Å². The third kappa shape index (κ3) is 5.16. The van der Waals surface area contributed by atoms with Crippen LogP contribution >= 0.6 is 15.9 Å². The number of benzene rings is 2. The van der Waals surface area contributed by atoms with Gasteiger partial charge in [0.25, 0.3) is 5.56 Å². The van der Waals surface area contributed by atoms with Gasteiger partial charge < -0.3 is 9.47 Å². The number of hydrogen-bond donors (Lipinski definition) is 0. The monoisotopic (exact) mass is 495 g/mol. The number of aryl methyl sites for hydroxylation is 1. The molecule has 32 heavy (non-hydrogen) atoms. The summed E-state index contributed by atoms with van der Waals surface area (Å²) >= 11 is 3.42. The molecule has 0 aliphatic heterocycles. The molecular weight excluding hydrogens is 470 g/mol. The van der Waals surface area contributed by atoms with Crippen molar-refractivity contribution in [2.24, 2.45) is 5.10 Å². The van der Waals surface area contributed by atoms with Gasteiger partial charge in [0, 0.05) is 16.5 Å². The highest BCUT2D eigenvalue weighted by Gasteiger charge is 2.13. The van der Waals surface area contributed by atoms with Crippen molar-refractivity contribution < 1.29 is 9.47 Å². The van der Waals surface area contributed by atoms with Crippen molar-refractivity contribution in [1.82, 2.24) is 9.66 Å². The van der Waals surface area contributed by atoms with Crippen LogP contribution in [0.15, 0.2) is 70.0 Å². The summed E-state index contributed by atoms with van der Waals surface area (Å²) in [6, 6.07) is 9.25. The molecule has 6 nitrogen and oxygen atoms in total. The maximum absolute atomic E-state index is 13.2. The smallest absolute Gasteiger partial charge is 0.282 e. The van der Waals surface area contributed by atoms with Gasteiger partial charge in [-0.1, -0.05) is 41.6 Å². The van der Waals surface area contributed by atoms with Crippen LogP contribution in [0.25, 0.3) is 10.9 Å². The Bertz CT molecular complexity index is 1230. The average Bonchev–Trinajstić information content (AvgIpc) is 2.78. The van der Waals surface area contributed by atoms with Crippen LogP contribution in [-0.4, -0.2) is 29.6 Å². The zero-order valence-corrected chi connectivity index (χ0v) is 19.9. The predicted octanol–water partition coefficient (Wildman–Crippen LogP) is 5.30. The summed E-state index contributed by atoms with van der Waals surface area (Å²) in [5.41, 5.74) is 2.13. The van der Waals surface area contributed by atoms with E-state index in [9.17, 15) is 4.79 Å². The summed E-state index contributed by atoms with van der Waals surface area (Å²) in [6.07, 6.45) is 7.19. The fourth-order valence-corrected chi connectivity index (χ4v) is 3.71. The molecule has 0 N–H and O–H groups in total. The number of hydrogen-bond acceptors (Lipinski definition) is 5. The molecule has 0 fully saturated rings. The SMILES string of the molecule is C=CCOc1c(CC=C)cc(C=Nn2c(CCC)nc3ccc(Br)cc3c2=O)cc1OC. The summed E-state index contributed by atoms with van der Waals surface area (Å²) in [7, 11) is 1.59. The lowest BCUT2D eigenvalue weighted by molar-refractivity contribution is 0.323. The zero-order valence-electron chi connectivity index (χ0n) is 18.3. The Morgan fingerprint density at radius 1 is 1.22 bits per heavy atom. The minimum Gasteiger partial charge on any atom is -0.493 e. The lowest BCUT2D eigenvalue weighted by Gasteiger charge is -2.15. The van der Waals surface area contributed by atoms with Crippen molar-refractivity contribution in [3.8, 4) is 11.5 Å². The van der Waals surface area contributed by atoms with Crippen molar-refractivity contribution in [3.63, 3.8) is 0 Å². The van der Waals surface area contributed by atoms with E-state index in [1.807, 2.05) is 31.2 Å². The summed E-state index contributed by atoms with van der Waals surface area (Å²) < 4.78 is 13.5. The quantitative estimate of drug-likeness (QED) is 0.283. The second kappa shape index (κ2) is 10.9. The van der Waals surface area contributed by atoms with E-state index in [2.05, 4.69) is 39.2 Å². The topological polar surface area (TPSA) is 65.7 Å². The molecule has 1 heterocycles. The number of rotatable bonds is 10. The summed E-state index contributed by atoms with van der Waals surface area (Å²) in [6.45, 7) is 9.93. The van der Waals surface area contributed by atoms with E-state index >= 15 is 0 Å². The van der Waals surface area contributed by atoms with Crippen LogP contribution in [0.5, 0.6) is 11.5 Å². The molecule has 0 spiro atoms. The number of fused-ring (bicyclic) bond motifs is 1. The number of ether oxygens (including phenoxy) is 2. The molecular formula is C25H26BrN3O3. The average molecular weight is 496 g/mol. The fraction of sp³-hybridized carbons (Fsp3) is 0.240. The van der Waals surface area contributed by atoms with Crippen molar-refractivity contribution in [3.05, 3.63) is 87.4 Å². The molecule has 0 unspecified atom stereocenters. The van der Waals surface area contributed by atoms with E-state index in [4.69, 9.17) is 9.47 Å². The first-order valence-corrected chi connectivity index (χ1v) is 11.1. The van der Waals surface area contributed by atoms with E-state index in [0.29, 0.717) is 47.7 Å². The van der Waals surface area contributed by atoms with Crippen LogP contribution in [0, 0.1) is 0 Å². The van der Waals surface area contributed by atoms with Gasteiger partial charge in [-0.15, -0.1) is 6.58 Å². The van der Waals surface area contributed by atoms with Gasteiger partial charge in [-0.25, -0.2) is 4.98 Å². The maximum Gasteiger partial charge on any atom is 0.282 e. The first-order valence-electron chi connectivity index (χ1n) is 10.3. The number of allylic oxidation sites excluding steroid dienone is 1. The molecule has 2 aromatic carbocycles. The standard InChI is InChI=1S/C25H26BrN3O3/c1-5-8-18-13-17(14-22(31-4)24(18)32-12-7-3)16-27-29-23(9-6-2)28-21-11-10-19(26)15-20(21)25(29)30/h5,7,10-11,13-16H,1,3,6,8-9,12H2,2,4H3. The third-order valence-corrected chi connectivity index (χ3v) is 5.25. The molecule has 0 saturated heterocycles. The minimum absolute atomic E-state index is 0.208. The Kier molecular flexibility index (Phi) is 8.00. The number of nitrogens with zero attached hydrogens (tertiary/aromatic N) is 3. The van der Waals surface area contributed by atoms with E-state index in [1.54, 1.807) is 31.5 Å². The Balaban J connectivity index is 2.11. The Morgan fingerprint density at radius 3 is 2.72 bits per heavy atom. The van der Waals surface area contributed by atoms with E-state index in [1.165, 1.54) is 4.68 Å². The first-order chi connectivity index (χ1) is 15.5. The van der Waals surface area contributed by atoms with Gasteiger partial charge in [-0.3, -0.25) is 4.79 Å².